The monoisotopic (exact) mass is 365 g/mol. The first kappa shape index (κ1) is 17.9. The smallest absolute Gasteiger partial charge is 0.338 e. The zero-order valence-corrected chi connectivity index (χ0v) is 14.8. The molecule has 0 aliphatic carbocycles. The second-order valence-corrected chi connectivity index (χ2v) is 6.79. The van der Waals surface area contributed by atoms with E-state index in [1.54, 1.807) is 24.3 Å². The minimum absolute atomic E-state index is 0.139. The number of rotatable bonds is 5. The van der Waals surface area contributed by atoms with E-state index >= 15 is 0 Å². The van der Waals surface area contributed by atoms with Crippen LogP contribution in [0.15, 0.2) is 24.3 Å². The molecule has 1 aromatic rings. The molecule has 2 amide bonds. The molecular formula is C18H22ClN2O4+. The van der Waals surface area contributed by atoms with Crippen LogP contribution in [-0.2, 0) is 14.3 Å². The Morgan fingerprint density at radius 3 is 2.48 bits per heavy atom. The van der Waals surface area contributed by atoms with Crippen LogP contribution in [0.2, 0.25) is 0 Å². The number of nitrogens with zero attached hydrogens (tertiary/aromatic N) is 1. The number of carbonyl (C=O) groups excluding carboxylic acids is 3. The van der Waals surface area contributed by atoms with E-state index in [4.69, 9.17) is 16.3 Å². The summed E-state index contributed by atoms with van der Waals surface area (Å²) in [6, 6.07) is 6.07. The fraction of sp³-hybridized carbons (Fsp3) is 0.500. The summed E-state index contributed by atoms with van der Waals surface area (Å²) in [5.41, 5.74) is 0.869. The average molecular weight is 366 g/mol. The maximum absolute atomic E-state index is 12.8. The Bertz CT molecular complexity index is 656. The predicted molar refractivity (Wildman–Crippen MR) is 92.9 cm³/mol. The number of benzene rings is 1. The summed E-state index contributed by atoms with van der Waals surface area (Å²) in [7, 11) is 0. The standard InChI is InChI=1S/C18H21ClN2O4/c19-8-11-25-18(24)13-4-6-14(7-5-13)21-16(22)12-15(17(21)23)20-9-2-1-3-10-20/h4-7,15H,1-3,8-12H2/p+1/t15-/m0/s1. The van der Waals surface area contributed by atoms with E-state index < -0.39 is 5.97 Å². The number of imide groups is 1. The number of amides is 2. The van der Waals surface area contributed by atoms with E-state index in [1.807, 2.05) is 0 Å². The number of hydrogen-bond acceptors (Lipinski definition) is 4. The molecule has 0 radical (unpaired) electrons. The molecule has 7 heteroatoms. The molecule has 6 nitrogen and oxygen atoms in total. The molecule has 2 aliphatic rings. The van der Waals surface area contributed by atoms with Gasteiger partial charge in [0.25, 0.3) is 5.91 Å². The fourth-order valence-electron chi connectivity index (χ4n) is 3.54. The number of piperidine rings is 1. The van der Waals surface area contributed by atoms with E-state index in [1.165, 1.54) is 16.2 Å². The van der Waals surface area contributed by atoms with Crippen molar-refractivity contribution in [1.29, 1.82) is 0 Å². The van der Waals surface area contributed by atoms with Gasteiger partial charge in [-0.3, -0.25) is 9.59 Å². The van der Waals surface area contributed by atoms with E-state index in [9.17, 15) is 14.4 Å². The van der Waals surface area contributed by atoms with Crippen LogP contribution < -0.4 is 9.80 Å². The summed E-state index contributed by atoms with van der Waals surface area (Å²) in [5, 5.41) is 0. The van der Waals surface area contributed by atoms with Crippen LogP contribution in [0, 0.1) is 0 Å². The number of ether oxygens (including phenoxy) is 1. The third-order valence-electron chi connectivity index (χ3n) is 4.81. The first-order chi connectivity index (χ1) is 12.1. The van der Waals surface area contributed by atoms with Crippen molar-refractivity contribution in [2.45, 2.75) is 31.7 Å². The van der Waals surface area contributed by atoms with Gasteiger partial charge in [-0.15, -0.1) is 11.6 Å². The highest BCUT2D eigenvalue weighted by atomic mass is 35.5. The molecule has 0 unspecified atom stereocenters. The van der Waals surface area contributed by atoms with E-state index in [0.29, 0.717) is 11.3 Å². The first-order valence-electron chi connectivity index (χ1n) is 8.66. The van der Waals surface area contributed by atoms with Crippen molar-refractivity contribution < 1.29 is 24.0 Å². The second kappa shape index (κ2) is 7.97. The van der Waals surface area contributed by atoms with E-state index in [0.717, 1.165) is 25.9 Å². The third kappa shape index (κ3) is 3.85. The van der Waals surface area contributed by atoms with E-state index in [2.05, 4.69) is 0 Å². The highest BCUT2D eigenvalue weighted by Gasteiger charge is 2.45. The van der Waals surface area contributed by atoms with Crippen molar-refractivity contribution in [3.8, 4) is 0 Å². The molecule has 25 heavy (non-hydrogen) atoms. The van der Waals surface area contributed by atoms with Gasteiger partial charge in [0.15, 0.2) is 6.04 Å². The summed E-state index contributed by atoms with van der Waals surface area (Å²) < 4.78 is 4.96. The predicted octanol–water partition coefficient (Wildman–Crippen LogP) is 0.783. The molecule has 0 bridgehead atoms. The summed E-state index contributed by atoms with van der Waals surface area (Å²) in [6.45, 7) is 2.04. The summed E-state index contributed by atoms with van der Waals surface area (Å²) in [6.07, 6.45) is 3.66. The summed E-state index contributed by atoms with van der Waals surface area (Å²) >= 11 is 5.49. The Labute approximate surface area is 151 Å². The summed E-state index contributed by atoms with van der Waals surface area (Å²) in [5.74, 6) is -0.548. The molecule has 1 aromatic carbocycles. The number of esters is 1. The Kier molecular flexibility index (Phi) is 5.71. The molecule has 0 saturated carbocycles. The lowest BCUT2D eigenvalue weighted by Gasteiger charge is -2.27. The van der Waals surface area contributed by atoms with Gasteiger partial charge in [0.1, 0.15) is 6.61 Å². The van der Waals surface area contributed by atoms with Gasteiger partial charge < -0.3 is 9.64 Å². The van der Waals surface area contributed by atoms with Crippen molar-refractivity contribution >= 4 is 35.1 Å². The number of quaternary nitrogens is 1. The Morgan fingerprint density at radius 1 is 1.16 bits per heavy atom. The van der Waals surface area contributed by atoms with Gasteiger partial charge in [0.05, 0.1) is 36.6 Å². The highest BCUT2D eigenvalue weighted by molar-refractivity contribution is 6.22. The van der Waals surface area contributed by atoms with Crippen LogP contribution >= 0.6 is 11.6 Å². The Hall–Kier alpha value is -1.92. The van der Waals surface area contributed by atoms with Crippen LogP contribution in [0.5, 0.6) is 0 Å². The minimum atomic E-state index is -0.470. The largest absolute Gasteiger partial charge is 0.461 e. The lowest BCUT2D eigenvalue weighted by Crippen LogP contribution is -3.17. The van der Waals surface area contributed by atoms with Gasteiger partial charge >= 0.3 is 5.97 Å². The molecule has 134 valence electrons. The number of hydrogen-bond donors (Lipinski definition) is 1. The Morgan fingerprint density at radius 2 is 1.84 bits per heavy atom. The maximum Gasteiger partial charge on any atom is 0.338 e. The third-order valence-corrected chi connectivity index (χ3v) is 4.96. The van der Waals surface area contributed by atoms with Gasteiger partial charge in [0.2, 0.25) is 5.91 Å². The lowest BCUT2D eigenvalue weighted by molar-refractivity contribution is -0.919. The fourth-order valence-corrected chi connectivity index (χ4v) is 3.61. The van der Waals surface area contributed by atoms with Crippen LogP contribution in [0.25, 0.3) is 0 Å². The van der Waals surface area contributed by atoms with Crippen molar-refractivity contribution in [2.75, 3.05) is 30.5 Å². The second-order valence-electron chi connectivity index (χ2n) is 6.41. The molecule has 0 spiro atoms. The molecule has 2 aliphatic heterocycles. The van der Waals surface area contributed by atoms with Gasteiger partial charge in [-0.25, -0.2) is 9.69 Å². The molecule has 2 heterocycles. The molecule has 2 saturated heterocycles. The molecule has 0 aromatic heterocycles. The van der Waals surface area contributed by atoms with Crippen molar-refractivity contribution in [2.24, 2.45) is 0 Å². The Balaban J connectivity index is 1.71. The van der Waals surface area contributed by atoms with Crippen molar-refractivity contribution in [1.82, 2.24) is 0 Å². The number of likely N-dealkylation sites (tertiary alicyclic amines) is 1. The number of carbonyl (C=O) groups is 3. The van der Waals surface area contributed by atoms with Gasteiger partial charge in [-0.2, -0.15) is 0 Å². The number of anilines is 1. The van der Waals surface area contributed by atoms with Crippen LogP contribution in [0.4, 0.5) is 5.69 Å². The first-order valence-corrected chi connectivity index (χ1v) is 9.20. The topological polar surface area (TPSA) is 68.1 Å². The number of nitrogens with one attached hydrogen (secondary N) is 1. The lowest BCUT2D eigenvalue weighted by atomic mass is 10.1. The van der Waals surface area contributed by atoms with Gasteiger partial charge in [-0.05, 0) is 43.5 Å². The molecule has 2 fully saturated rings. The molecule has 1 N–H and O–H groups in total. The van der Waals surface area contributed by atoms with Crippen molar-refractivity contribution in [3.63, 3.8) is 0 Å². The van der Waals surface area contributed by atoms with Crippen LogP contribution in [0.1, 0.15) is 36.0 Å². The maximum atomic E-state index is 12.8. The normalized spacial score (nSPS) is 21.6. The van der Waals surface area contributed by atoms with Gasteiger partial charge in [-0.1, -0.05) is 0 Å². The zero-order chi connectivity index (χ0) is 17.8. The SMILES string of the molecule is O=C(OCCCl)c1ccc(N2C(=O)C[C@H]([NH+]3CCCCC3)C2=O)cc1. The van der Waals surface area contributed by atoms with Crippen molar-refractivity contribution in [3.05, 3.63) is 29.8 Å². The summed E-state index contributed by atoms with van der Waals surface area (Å²) in [4.78, 5) is 39.4. The zero-order valence-electron chi connectivity index (χ0n) is 14.0. The van der Waals surface area contributed by atoms with Crippen LogP contribution in [-0.4, -0.2) is 49.4 Å². The number of alkyl halides is 1. The van der Waals surface area contributed by atoms with Gasteiger partial charge in [0, 0.05) is 0 Å². The average Bonchev–Trinajstić information content (AvgIpc) is 2.95. The highest BCUT2D eigenvalue weighted by Crippen LogP contribution is 2.23. The van der Waals surface area contributed by atoms with Crippen LogP contribution in [0.3, 0.4) is 0 Å². The quantitative estimate of drug-likeness (QED) is 0.476. The number of halogens is 1. The van der Waals surface area contributed by atoms with E-state index in [-0.39, 0.29) is 36.8 Å². The minimum Gasteiger partial charge on any atom is -0.461 e. The molecular weight excluding hydrogens is 344 g/mol. The molecule has 3 rings (SSSR count). The molecule has 1 atom stereocenters.